The fraction of sp³-hybridized carbons (Fsp3) is 0.800. The number of nitrogens with one attached hydrogen (secondary N) is 1. The van der Waals surface area contributed by atoms with Crippen molar-refractivity contribution in [2.75, 3.05) is 0 Å². The minimum absolute atomic E-state index is 0.00958. The molecule has 0 heterocycles. The van der Waals surface area contributed by atoms with Crippen molar-refractivity contribution in [2.45, 2.75) is 19.9 Å². The van der Waals surface area contributed by atoms with Gasteiger partial charge in [-0.2, -0.15) is 0 Å². The minimum atomic E-state index is -0.908. The number of hydrogen-bond donors (Lipinski definition) is 3. The monoisotopic (exact) mass is 150 g/mol. The van der Waals surface area contributed by atoms with E-state index in [2.05, 4.69) is 4.72 Å². The Morgan fingerprint density at radius 3 is 2.56 bits per heavy atom. The van der Waals surface area contributed by atoms with E-state index in [0.717, 1.165) is 0 Å². The Morgan fingerprint density at radius 2 is 2.44 bits per heavy atom. The number of carbonyl (C=O) groups is 1. The van der Waals surface area contributed by atoms with Crippen LogP contribution in [0.15, 0.2) is 0 Å². The first-order chi connectivity index (χ1) is 4.59. The Bertz CT molecular complexity index is 120. The van der Waals surface area contributed by atoms with Crippen LogP contribution in [-0.4, -0.2) is 18.2 Å². The third-order valence-corrected chi connectivity index (χ3v) is 1.31. The van der Waals surface area contributed by atoms with E-state index in [0.29, 0.717) is 12.7 Å². The highest BCUT2D eigenvalue weighted by molar-refractivity contribution is 7.78. The second kappa shape index (κ2) is 3.74. The first kappa shape index (κ1) is 6.89. The van der Waals surface area contributed by atoms with E-state index in [9.17, 15) is 4.79 Å². The van der Waals surface area contributed by atoms with Crippen LogP contribution in [0.3, 0.4) is 0 Å². The largest absolute Gasteiger partial charge is 0.480 e. The van der Waals surface area contributed by atoms with Crippen molar-refractivity contribution in [1.29, 1.82) is 1.12 Å². The lowest BCUT2D eigenvalue weighted by atomic mass is 10.1. The molecule has 0 unspecified atom stereocenters. The van der Waals surface area contributed by atoms with E-state index in [1.54, 1.807) is 13.8 Å². The highest BCUT2D eigenvalue weighted by Crippen LogP contribution is 2.01. The molecule has 0 rings (SSSR count). The Labute approximate surface area is 61.1 Å². The summed E-state index contributed by atoms with van der Waals surface area (Å²) in [4.78, 5) is 10.4. The van der Waals surface area contributed by atoms with Gasteiger partial charge in [0.05, 0.1) is 0 Å². The zero-order valence-corrected chi connectivity index (χ0v) is 6.23. The van der Waals surface area contributed by atoms with Gasteiger partial charge in [0.25, 0.3) is 0 Å². The van der Waals surface area contributed by atoms with Gasteiger partial charge in [0, 0.05) is 0 Å². The average Bonchev–Trinajstić information content (AvgIpc) is 1.81. The molecule has 0 aromatic rings. The molecule has 2 N–H and O–H groups in total. The van der Waals surface area contributed by atoms with Gasteiger partial charge in [-0.1, -0.05) is 26.6 Å². The van der Waals surface area contributed by atoms with E-state index in [-0.39, 0.29) is 5.92 Å². The molecule has 0 radical (unpaired) electrons. The maximum absolute atomic E-state index is 10.4. The van der Waals surface area contributed by atoms with E-state index >= 15 is 0 Å². The molecule has 4 heteroatoms. The van der Waals surface area contributed by atoms with Crippen molar-refractivity contribution >= 4 is 18.7 Å². The molecule has 0 saturated heterocycles. The number of thiol groups is 1. The summed E-state index contributed by atoms with van der Waals surface area (Å²) in [5.41, 5.74) is 0. The molecule has 0 bridgehead atoms. The normalized spacial score (nSPS) is 15.2. The Hall–Kier alpha value is -0.220. The number of hydrogen-bond acceptors (Lipinski definition) is 3. The Morgan fingerprint density at radius 1 is 1.89 bits per heavy atom. The molecule has 9 heavy (non-hydrogen) atoms. The van der Waals surface area contributed by atoms with Crippen LogP contribution in [0, 0.1) is 5.92 Å². The van der Waals surface area contributed by atoms with Gasteiger partial charge in [-0.05, 0) is 5.92 Å². The van der Waals surface area contributed by atoms with Gasteiger partial charge in [0.1, 0.15) is 7.17 Å². The van der Waals surface area contributed by atoms with Gasteiger partial charge in [0.15, 0.2) is 0 Å². The lowest BCUT2D eigenvalue weighted by Crippen LogP contribution is -2.35. The Balaban J connectivity index is 3.85. The van der Waals surface area contributed by atoms with Crippen LogP contribution >= 0.6 is 12.7 Å². The number of aliphatic carboxylic acids is 1. The maximum atomic E-state index is 10.4. The summed E-state index contributed by atoms with van der Waals surface area (Å²) in [6.45, 7) is 3.59. The molecule has 0 saturated carbocycles. The SMILES string of the molecule is [2H]SN[C@H](C(=O)O)C(C)C. The maximum Gasteiger partial charge on any atom is 0.321 e. The fourth-order valence-electron chi connectivity index (χ4n) is 0.472. The molecule has 0 aliphatic heterocycles. The van der Waals surface area contributed by atoms with E-state index < -0.39 is 12.0 Å². The van der Waals surface area contributed by atoms with Crippen LogP contribution < -0.4 is 4.72 Å². The Kier molecular flexibility index (Phi) is 2.86. The summed E-state index contributed by atoms with van der Waals surface area (Å²) < 4.78 is 9.13. The molecule has 1 atom stereocenters. The molecular weight excluding hydrogens is 138 g/mol. The molecule has 3 nitrogen and oxygen atoms in total. The predicted molar refractivity (Wildman–Crippen MR) is 38.4 cm³/mol. The third-order valence-electron chi connectivity index (χ3n) is 1.06. The number of carboxylic acids is 1. The van der Waals surface area contributed by atoms with Crippen molar-refractivity contribution in [3.8, 4) is 0 Å². The smallest absolute Gasteiger partial charge is 0.321 e. The second-order valence-corrected chi connectivity index (χ2v) is 2.41. The molecule has 0 aromatic carbocycles. The number of rotatable bonds is 4. The van der Waals surface area contributed by atoms with Crippen LogP contribution in [0.1, 0.15) is 13.8 Å². The average molecular weight is 150 g/mol. The third kappa shape index (κ3) is 2.72. The molecule has 0 aliphatic carbocycles. The quantitative estimate of drug-likeness (QED) is 0.512. The summed E-state index contributed by atoms with van der Waals surface area (Å²) in [6.07, 6.45) is 0. The highest BCUT2D eigenvalue weighted by Gasteiger charge is 2.18. The van der Waals surface area contributed by atoms with Crippen LogP contribution in [-0.2, 0) is 4.79 Å². The van der Waals surface area contributed by atoms with Gasteiger partial charge in [0.2, 0.25) is 0 Å². The standard InChI is InChI=1S/C5H11NO2S/c1-3(2)4(6-9)5(7)8/h3-4,6,9H,1-2H3,(H,7,8)/t4-/m0/s1/i9D. The lowest BCUT2D eigenvalue weighted by Gasteiger charge is -2.12. The van der Waals surface area contributed by atoms with Crippen molar-refractivity contribution in [2.24, 2.45) is 5.92 Å². The van der Waals surface area contributed by atoms with Gasteiger partial charge >= 0.3 is 5.97 Å². The zero-order valence-electron chi connectivity index (χ0n) is 6.42. The second-order valence-electron chi connectivity index (χ2n) is 2.18. The lowest BCUT2D eigenvalue weighted by molar-refractivity contribution is -0.139. The number of carboxylic acid groups (broad SMARTS) is 1. The van der Waals surface area contributed by atoms with Gasteiger partial charge < -0.3 is 5.11 Å². The predicted octanol–water partition coefficient (Wildman–Crippen LogP) is 0.530. The summed E-state index contributed by atoms with van der Waals surface area (Å²) in [7, 11) is 0. The van der Waals surface area contributed by atoms with Gasteiger partial charge in [-0.25, -0.2) is 0 Å². The molecular formula is C5H11NO2S. The highest BCUT2D eigenvalue weighted by atomic mass is 32.1. The van der Waals surface area contributed by atoms with E-state index in [1.165, 1.54) is 0 Å². The fourth-order valence-corrected chi connectivity index (χ4v) is 0.845. The van der Waals surface area contributed by atoms with Crippen LogP contribution in [0.2, 0.25) is 0 Å². The molecule has 0 aliphatic rings. The van der Waals surface area contributed by atoms with Gasteiger partial charge in [-0.15, -0.1) is 0 Å². The molecule has 0 aromatic heterocycles. The van der Waals surface area contributed by atoms with Crippen LogP contribution in [0.5, 0.6) is 0 Å². The van der Waals surface area contributed by atoms with Crippen molar-refractivity contribution < 1.29 is 9.90 Å². The zero-order chi connectivity index (χ0) is 8.15. The summed E-state index contributed by atoms with van der Waals surface area (Å²) in [5.74, 6) is -0.898. The topological polar surface area (TPSA) is 49.3 Å². The van der Waals surface area contributed by atoms with E-state index in [1.807, 2.05) is 0 Å². The van der Waals surface area contributed by atoms with Crippen molar-refractivity contribution in [3.05, 3.63) is 0 Å². The molecule has 54 valence electrons. The molecule has 0 spiro atoms. The first-order valence-electron chi connectivity index (χ1n) is 3.11. The molecule has 0 amide bonds. The first-order valence-corrected chi connectivity index (χ1v) is 3.11. The van der Waals surface area contributed by atoms with Gasteiger partial charge in [-0.3, -0.25) is 9.52 Å². The minimum Gasteiger partial charge on any atom is -0.480 e. The summed E-state index contributed by atoms with van der Waals surface area (Å²) >= 11 is 0.586. The van der Waals surface area contributed by atoms with E-state index in [4.69, 9.17) is 6.23 Å². The summed E-state index contributed by atoms with van der Waals surface area (Å²) in [5, 5.41) is 8.52. The van der Waals surface area contributed by atoms with Crippen molar-refractivity contribution in [3.63, 3.8) is 0 Å². The summed E-state index contributed by atoms with van der Waals surface area (Å²) in [6, 6.07) is -0.623. The van der Waals surface area contributed by atoms with Crippen LogP contribution in [0.25, 0.3) is 0 Å². The molecule has 0 fully saturated rings. The van der Waals surface area contributed by atoms with Crippen LogP contribution in [0.4, 0.5) is 0 Å². The van der Waals surface area contributed by atoms with Crippen molar-refractivity contribution in [1.82, 2.24) is 4.72 Å².